The monoisotopic (exact) mass is 402 g/mol. The summed E-state index contributed by atoms with van der Waals surface area (Å²) >= 11 is 1.58. The first-order chi connectivity index (χ1) is 14.2. The maximum atomic E-state index is 13.2. The molecule has 1 saturated heterocycles. The van der Waals surface area contributed by atoms with Crippen molar-refractivity contribution in [3.63, 3.8) is 0 Å². The number of amides is 2. The molecule has 0 aliphatic carbocycles. The van der Waals surface area contributed by atoms with E-state index in [-0.39, 0.29) is 11.8 Å². The number of anilines is 1. The first kappa shape index (κ1) is 17.8. The number of aromatic amines is 1. The number of hydrogen-bond acceptors (Lipinski definition) is 4. The molecule has 29 heavy (non-hydrogen) atoms. The SMILES string of the molecule is O=C(Nc1cnc2ccccc2c1)C1CSCN1C(=O)c1c[nH]c2ccccc12. The standard InChI is InChI=1S/C22H18N4O2S/c27-21(25-15-9-14-5-1-3-7-18(14)23-10-15)20-12-29-13-26(20)22(28)17-11-24-19-8-4-2-6-16(17)19/h1-11,20,24H,12-13H2,(H,25,27). The van der Waals surface area contributed by atoms with Gasteiger partial charge in [0, 0.05) is 28.2 Å². The number of para-hydroxylation sites is 2. The number of carbonyl (C=O) groups excluding carboxylic acids is 2. The first-order valence-corrected chi connectivity index (χ1v) is 10.5. The molecular formula is C22H18N4O2S. The van der Waals surface area contributed by atoms with Crippen molar-refractivity contribution >= 4 is 51.1 Å². The van der Waals surface area contributed by atoms with E-state index in [0.29, 0.717) is 22.9 Å². The Morgan fingerprint density at radius 1 is 1.14 bits per heavy atom. The summed E-state index contributed by atoms with van der Waals surface area (Å²) in [6, 6.07) is 16.8. The molecule has 7 heteroatoms. The van der Waals surface area contributed by atoms with Gasteiger partial charge in [0.25, 0.3) is 5.91 Å². The minimum absolute atomic E-state index is 0.135. The van der Waals surface area contributed by atoms with Crippen LogP contribution in [0.3, 0.4) is 0 Å². The molecular weight excluding hydrogens is 384 g/mol. The number of thioether (sulfide) groups is 1. The summed E-state index contributed by atoms with van der Waals surface area (Å²) < 4.78 is 0. The van der Waals surface area contributed by atoms with Crippen molar-refractivity contribution in [3.05, 3.63) is 72.6 Å². The Hall–Kier alpha value is -3.32. The lowest BCUT2D eigenvalue weighted by Gasteiger charge is -2.23. The van der Waals surface area contributed by atoms with E-state index in [9.17, 15) is 9.59 Å². The minimum Gasteiger partial charge on any atom is -0.360 e. The third-order valence-electron chi connectivity index (χ3n) is 5.12. The molecule has 1 aliphatic rings. The van der Waals surface area contributed by atoms with Crippen molar-refractivity contribution in [3.8, 4) is 0 Å². The molecule has 1 aliphatic heterocycles. The highest BCUT2D eigenvalue weighted by molar-refractivity contribution is 7.99. The minimum atomic E-state index is -0.521. The van der Waals surface area contributed by atoms with Crippen LogP contribution >= 0.6 is 11.8 Å². The fraction of sp³-hybridized carbons (Fsp3) is 0.136. The van der Waals surface area contributed by atoms with Crippen LogP contribution in [-0.2, 0) is 4.79 Å². The number of carbonyl (C=O) groups is 2. The molecule has 2 aromatic heterocycles. The van der Waals surface area contributed by atoms with Crippen LogP contribution in [0.15, 0.2) is 67.0 Å². The third kappa shape index (κ3) is 3.23. The Balaban J connectivity index is 1.38. The van der Waals surface area contributed by atoms with Crippen molar-refractivity contribution in [1.29, 1.82) is 0 Å². The number of benzene rings is 2. The van der Waals surface area contributed by atoms with E-state index < -0.39 is 6.04 Å². The van der Waals surface area contributed by atoms with Crippen molar-refractivity contribution in [2.75, 3.05) is 16.9 Å². The molecule has 0 saturated carbocycles. The molecule has 3 heterocycles. The molecule has 1 atom stereocenters. The number of nitrogens with one attached hydrogen (secondary N) is 2. The van der Waals surface area contributed by atoms with E-state index in [4.69, 9.17) is 0 Å². The Kier molecular flexibility index (Phi) is 4.44. The fourth-order valence-electron chi connectivity index (χ4n) is 3.63. The third-order valence-corrected chi connectivity index (χ3v) is 6.14. The molecule has 2 N–H and O–H groups in total. The van der Waals surface area contributed by atoms with Gasteiger partial charge in [-0.3, -0.25) is 14.6 Å². The maximum Gasteiger partial charge on any atom is 0.257 e. The molecule has 0 spiro atoms. The Bertz CT molecular complexity index is 1240. The molecule has 1 unspecified atom stereocenters. The topological polar surface area (TPSA) is 78.1 Å². The van der Waals surface area contributed by atoms with Crippen molar-refractivity contribution in [2.45, 2.75) is 6.04 Å². The van der Waals surface area contributed by atoms with Crippen LogP contribution < -0.4 is 5.32 Å². The van der Waals surface area contributed by atoms with Crippen LogP contribution in [0, 0.1) is 0 Å². The smallest absolute Gasteiger partial charge is 0.257 e. The number of aromatic nitrogens is 2. The predicted octanol–water partition coefficient (Wildman–Crippen LogP) is 3.87. The normalized spacial score (nSPS) is 16.4. The second kappa shape index (κ2) is 7.25. The first-order valence-electron chi connectivity index (χ1n) is 9.31. The van der Waals surface area contributed by atoms with E-state index in [1.165, 1.54) is 0 Å². The number of hydrogen-bond donors (Lipinski definition) is 2. The number of H-pyrrole nitrogens is 1. The van der Waals surface area contributed by atoms with Gasteiger partial charge in [-0.05, 0) is 18.2 Å². The van der Waals surface area contributed by atoms with Gasteiger partial charge in [0.1, 0.15) is 6.04 Å². The summed E-state index contributed by atoms with van der Waals surface area (Å²) in [7, 11) is 0. The van der Waals surface area contributed by atoms with E-state index in [1.807, 2.05) is 54.6 Å². The number of fused-ring (bicyclic) bond motifs is 2. The van der Waals surface area contributed by atoms with E-state index in [2.05, 4.69) is 15.3 Å². The fourth-order valence-corrected chi connectivity index (χ4v) is 4.78. The van der Waals surface area contributed by atoms with Crippen LogP contribution in [0.4, 0.5) is 5.69 Å². The molecule has 2 aromatic carbocycles. The van der Waals surface area contributed by atoms with Crippen LogP contribution in [0.25, 0.3) is 21.8 Å². The zero-order valence-electron chi connectivity index (χ0n) is 15.5. The summed E-state index contributed by atoms with van der Waals surface area (Å²) in [4.78, 5) is 35.3. The van der Waals surface area contributed by atoms with Gasteiger partial charge in [0.2, 0.25) is 5.91 Å². The molecule has 144 valence electrons. The predicted molar refractivity (Wildman–Crippen MR) is 116 cm³/mol. The van der Waals surface area contributed by atoms with Gasteiger partial charge >= 0.3 is 0 Å². The summed E-state index contributed by atoms with van der Waals surface area (Å²) in [6.07, 6.45) is 3.37. The lowest BCUT2D eigenvalue weighted by Crippen LogP contribution is -2.44. The summed E-state index contributed by atoms with van der Waals surface area (Å²) in [6.45, 7) is 0. The highest BCUT2D eigenvalue weighted by Gasteiger charge is 2.36. The van der Waals surface area contributed by atoms with Gasteiger partial charge in [-0.15, -0.1) is 11.8 Å². The number of rotatable bonds is 3. The van der Waals surface area contributed by atoms with Gasteiger partial charge < -0.3 is 15.2 Å². The van der Waals surface area contributed by atoms with Crippen molar-refractivity contribution < 1.29 is 9.59 Å². The lowest BCUT2D eigenvalue weighted by molar-refractivity contribution is -0.119. The second-order valence-electron chi connectivity index (χ2n) is 6.94. The molecule has 0 bridgehead atoms. The van der Waals surface area contributed by atoms with E-state index in [0.717, 1.165) is 21.8 Å². The number of nitrogens with zero attached hydrogens (tertiary/aromatic N) is 2. The van der Waals surface area contributed by atoms with Gasteiger partial charge in [-0.2, -0.15) is 0 Å². The molecule has 2 amide bonds. The highest BCUT2D eigenvalue weighted by atomic mass is 32.2. The molecule has 5 rings (SSSR count). The zero-order chi connectivity index (χ0) is 19.8. The van der Waals surface area contributed by atoms with Crippen molar-refractivity contribution in [1.82, 2.24) is 14.9 Å². The van der Waals surface area contributed by atoms with Gasteiger partial charge in [-0.1, -0.05) is 36.4 Å². The van der Waals surface area contributed by atoms with Crippen LogP contribution in [0.5, 0.6) is 0 Å². The summed E-state index contributed by atoms with van der Waals surface area (Å²) in [5.74, 6) is 0.734. The van der Waals surface area contributed by atoms with Crippen LogP contribution in [-0.4, -0.2) is 44.4 Å². The largest absolute Gasteiger partial charge is 0.360 e. The lowest BCUT2D eigenvalue weighted by atomic mass is 10.1. The quantitative estimate of drug-likeness (QED) is 0.545. The average Bonchev–Trinajstić information content (AvgIpc) is 3.41. The molecule has 6 nitrogen and oxygen atoms in total. The number of pyridine rings is 1. The summed E-state index contributed by atoms with van der Waals surface area (Å²) in [5, 5.41) is 4.75. The Morgan fingerprint density at radius 2 is 1.97 bits per heavy atom. The van der Waals surface area contributed by atoms with Gasteiger partial charge in [0.05, 0.1) is 28.8 Å². The van der Waals surface area contributed by atoms with E-state index >= 15 is 0 Å². The van der Waals surface area contributed by atoms with Crippen molar-refractivity contribution in [2.24, 2.45) is 0 Å². The molecule has 1 fully saturated rings. The Labute approximate surface area is 171 Å². The second-order valence-corrected chi connectivity index (χ2v) is 7.94. The van der Waals surface area contributed by atoms with Crippen LogP contribution in [0.2, 0.25) is 0 Å². The average molecular weight is 402 g/mol. The molecule has 4 aromatic rings. The summed E-state index contributed by atoms with van der Waals surface area (Å²) in [5.41, 5.74) is 3.00. The van der Waals surface area contributed by atoms with E-state index in [1.54, 1.807) is 29.1 Å². The zero-order valence-corrected chi connectivity index (χ0v) is 16.3. The highest BCUT2D eigenvalue weighted by Crippen LogP contribution is 2.27. The van der Waals surface area contributed by atoms with Crippen LogP contribution in [0.1, 0.15) is 10.4 Å². The van der Waals surface area contributed by atoms with Gasteiger partial charge in [-0.25, -0.2) is 0 Å². The van der Waals surface area contributed by atoms with Gasteiger partial charge in [0.15, 0.2) is 0 Å². The maximum absolute atomic E-state index is 13.2. The Morgan fingerprint density at radius 3 is 2.90 bits per heavy atom. The molecule has 0 radical (unpaired) electrons.